The highest BCUT2D eigenvalue weighted by Crippen LogP contribution is 1.98. The lowest BCUT2D eigenvalue weighted by atomic mass is 10.3. The van der Waals surface area contributed by atoms with Gasteiger partial charge in [0, 0.05) is 34.6 Å². The van der Waals surface area contributed by atoms with Crippen molar-refractivity contribution in [3.8, 4) is 0 Å². The lowest BCUT2D eigenvalue weighted by Gasteiger charge is -2.14. The van der Waals surface area contributed by atoms with Crippen LogP contribution in [0.25, 0.3) is 0 Å². The van der Waals surface area contributed by atoms with E-state index in [1.54, 1.807) is 6.26 Å². The molecule has 0 aromatic heterocycles. The predicted molar refractivity (Wildman–Crippen MR) is 65.3 cm³/mol. The lowest BCUT2D eigenvalue weighted by molar-refractivity contribution is 0.548. The standard InChI is InChI=1S/C9H21NO3S2/c1-8(7-15(4,12)13)10-6-5-9(2)14(3)11/h8-10H,5-7H2,1-4H3. The van der Waals surface area contributed by atoms with Gasteiger partial charge in [-0.25, -0.2) is 8.42 Å². The second-order valence-electron chi connectivity index (χ2n) is 4.05. The molecule has 0 aliphatic heterocycles. The first-order valence-electron chi connectivity index (χ1n) is 4.95. The quantitative estimate of drug-likeness (QED) is 0.704. The summed E-state index contributed by atoms with van der Waals surface area (Å²) in [6.07, 6.45) is 3.72. The molecule has 0 aliphatic rings. The van der Waals surface area contributed by atoms with Crippen LogP contribution in [0.4, 0.5) is 0 Å². The molecule has 0 spiro atoms. The summed E-state index contributed by atoms with van der Waals surface area (Å²) in [7, 11) is -3.72. The third kappa shape index (κ3) is 9.02. The van der Waals surface area contributed by atoms with Crippen molar-refractivity contribution >= 4 is 20.6 Å². The molecule has 0 saturated carbocycles. The van der Waals surface area contributed by atoms with Gasteiger partial charge in [0.1, 0.15) is 9.84 Å². The maximum atomic E-state index is 11.0. The molecular weight excluding hydrogens is 234 g/mol. The Morgan fingerprint density at radius 2 is 1.87 bits per heavy atom. The van der Waals surface area contributed by atoms with Crippen LogP contribution < -0.4 is 5.32 Å². The van der Waals surface area contributed by atoms with Crippen LogP contribution in [0.5, 0.6) is 0 Å². The van der Waals surface area contributed by atoms with Gasteiger partial charge in [-0.1, -0.05) is 6.92 Å². The normalized spacial score (nSPS) is 18.4. The molecule has 6 heteroatoms. The fraction of sp³-hybridized carbons (Fsp3) is 1.00. The van der Waals surface area contributed by atoms with E-state index in [1.165, 1.54) is 6.26 Å². The summed E-state index contributed by atoms with van der Waals surface area (Å²) in [5.41, 5.74) is 0. The van der Waals surface area contributed by atoms with Crippen LogP contribution >= 0.6 is 0 Å². The van der Waals surface area contributed by atoms with Crippen LogP contribution in [0.15, 0.2) is 0 Å². The van der Waals surface area contributed by atoms with Gasteiger partial charge in [-0.15, -0.1) is 0 Å². The van der Waals surface area contributed by atoms with E-state index in [0.29, 0.717) is 6.54 Å². The summed E-state index contributed by atoms with van der Waals surface area (Å²) in [5.74, 6) is 0.149. The van der Waals surface area contributed by atoms with Crippen molar-refractivity contribution in [2.75, 3.05) is 24.8 Å². The van der Waals surface area contributed by atoms with E-state index in [0.717, 1.165) is 6.42 Å². The van der Waals surface area contributed by atoms with Crippen molar-refractivity contribution in [3.05, 3.63) is 0 Å². The molecule has 3 atom stereocenters. The Kier molecular flexibility index (Phi) is 6.63. The van der Waals surface area contributed by atoms with Crippen LogP contribution in [0.2, 0.25) is 0 Å². The summed E-state index contributed by atoms with van der Waals surface area (Å²) >= 11 is 0. The zero-order valence-electron chi connectivity index (χ0n) is 9.82. The van der Waals surface area contributed by atoms with E-state index in [4.69, 9.17) is 0 Å². The van der Waals surface area contributed by atoms with Gasteiger partial charge in [0.25, 0.3) is 0 Å². The first-order chi connectivity index (χ1) is 6.72. The number of nitrogens with one attached hydrogen (secondary N) is 1. The van der Waals surface area contributed by atoms with E-state index < -0.39 is 20.6 Å². The Bertz CT molecular complexity index is 300. The van der Waals surface area contributed by atoms with Crippen molar-refractivity contribution in [1.29, 1.82) is 0 Å². The molecule has 0 bridgehead atoms. The molecular formula is C9H21NO3S2. The molecule has 0 saturated heterocycles. The molecule has 0 amide bonds. The summed E-state index contributed by atoms with van der Waals surface area (Å²) in [6, 6.07) is -0.0440. The Balaban J connectivity index is 3.73. The van der Waals surface area contributed by atoms with Gasteiger partial charge in [0.2, 0.25) is 0 Å². The molecule has 0 fully saturated rings. The SMILES string of the molecule is CC(CS(C)(=O)=O)NCCC(C)S(C)=O. The molecule has 92 valence electrons. The highest BCUT2D eigenvalue weighted by Gasteiger charge is 2.11. The largest absolute Gasteiger partial charge is 0.313 e. The van der Waals surface area contributed by atoms with E-state index >= 15 is 0 Å². The Hall–Kier alpha value is 0.0600. The van der Waals surface area contributed by atoms with Gasteiger partial charge in [-0.2, -0.15) is 0 Å². The average molecular weight is 255 g/mol. The minimum Gasteiger partial charge on any atom is -0.313 e. The van der Waals surface area contributed by atoms with Crippen molar-refractivity contribution in [3.63, 3.8) is 0 Å². The second-order valence-corrected chi connectivity index (χ2v) is 8.03. The van der Waals surface area contributed by atoms with Gasteiger partial charge in [-0.3, -0.25) is 4.21 Å². The molecule has 0 aromatic rings. The number of sulfone groups is 1. The molecule has 0 heterocycles. The summed E-state index contributed by atoms with van der Waals surface area (Å²) in [5, 5.41) is 3.27. The smallest absolute Gasteiger partial charge is 0.148 e. The predicted octanol–water partition coefficient (Wildman–Crippen LogP) is 0.166. The summed E-state index contributed by atoms with van der Waals surface area (Å²) in [4.78, 5) is 0. The molecule has 15 heavy (non-hydrogen) atoms. The van der Waals surface area contributed by atoms with Gasteiger partial charge in [0.05, 0.1) is 5.75 Å². The van der Waals surface area contributed by atoms with E-state index in [9.17, 15) is 12.6 Å². The highest BCUT2D eigenvalue weighted by atomic mass is 32.2. The van der Waals surface area contributed by atoms with Gasteiger partial charge in [-0.05, 0) is 19.9 Å². The monoisotopic (exact) mass is 255 g/mol. The second kappa shape index (κ2) is 6.60. The summed E-state index contributed by atoms with van der Waals surface area (Å²) in [6.45, 7) is 4.48. The van der Waals surface area contributed by atoms with Crippen molar-refractivity contribution in [2.24, 2.45) is 0 Å². The molecule has 0 rings (SSSR count). The molecule has 1 N–H and O–H groups in total. The highest BCUT2D eigenvalue weighted by molar-refractivity contribution is 7.90. The fourth-order valence-electron chi connectivity index (χ4n) is 1.21. The lowest BCUT2D eigenvalue weighted by Crippen LogP contribution is -2.34. The van der Waals surface area contributed by atoms with Crippen molar-refractivity contribution < 1.29 is 12.6 Å². The molecule has 0 aromatic carbocycles. The van der Waals surface area contributed by atoms with Crippen LogP contribution in [0, 0.1) is 0 Å². The molecule has 0 radical (unpaired) electrons. The molecule has 0 aliphatic carbocycles. The van der Waals surface area contributed by atoms with Crippen molar-refractivity contribution in [2.45, 2.75) is 31.6 Å². The van der Waals surface area contributed by atoms with E-state index in [-0.39, 0.29) is 17.0 Å². The van der Waals surface area contributed by atoms with E-state index in [2.05, 4.69) is 5.32 Å². The van der Waals surface area contributed by atoms with Gasteiger partial charge < -0.3 is 5.32 Å². The van der Waals surface area contributed by atoms with Crippen molar-refractivity contribution in [1.82, 2.24) is 5.32 Å². The Labute approximate surface area is 95.2 Å². The third-order valence-electron chi connectivity index (χ3n) is 2.16. The number of hydrogen-bond acceptors (Lipinski definition) is 4. The third-order valence-corrected chi connectivity index (χ3v) is 4.64. The molecule has 3 unspecified atom stereocenters. The first kappa shape index (κ1) is 15.1. The van der Waals surface area contributed by atoms with Crippen LogP contribution in [-0.2, 0) is 20.6 Å². The fourth-order valence-corrected chi connectivity index (χ4v) is 2.69. The van der Waals surface area contributed by atoms with E-state index in [1.807, 2.05) is 13.8 Å². The maximum absolute atomic E-state index is 11.0. The minimum absolute atomic E-state index is 0.0440. The molecule has 4 nitrogen and oxygen atoms in total. The number of hydrogen-bond donors (Lipinski definition) is 1. The minimum atomic E-state index is -2.91. The first-order valence-corrected chi connectivity index (χ1v) is 8.64. The average Bonchev–Trinajstić information content (AvgIpc) is 2.00. The van der Waals surface area contributed by atoms with Crippen LogP contribution in [0.1, 0.15) is 20.3 Å². The maximum Gasteiger partial charge on any atom is 0.148 e. The zero-order chi connectivity index (χ0) is 12.1. The number of rotatable bonds is 7. The topological polar surface area (TPSA) is 63.2 Å². The van der Waals surface area contributed by atoms with Gasteiger partial charge in [0.15, 0.2) is 0 Å². The Morgan fingerprint density at radius 3 is 2.27 bits per heavy atom. The van der Waals surface area contributed by atoms with Crippen LogP contribution in [-0.4, -0.2) is 48.7 Å². The van der Waals surface area contributed by atoms with Gasteiger partial charge >= 0.3 is 0 Å². The summed E-state index contributed by atoms with van der Waals surface area (Å²) < 4.78 is 33.0. The zero-order valence-corrected chi connectivity index (χ0v) is 11.5. The van der Waals surface area contributed by atoms with Crippen LogP contribution in [0.3, 0.4) is 0 Å². The Morgan fingerprint density at radius 1 is 1.33 bits per heavy atom.